The van der Waals surface area contributed by atoms with Crippen LogP contribution in [-0.2, 0) is 28.9 Å². The number of alkyl carbamates (subject to hydrolysis) is 1. The van der Waals surface area contributed by atoms with E-state index in [1.54, 1.807) is 25.7 Å². The molecule has 1 unspecified atom stereocenters. The highest BCUT2D eigenvalue weighted by molar-refractivity contribution is 5.89. The number of rotatable bonds is 10. The van der Waals surface area contributed by atoms with E-state index in [0.29, 0.717) is 31.5 Å². The van der Waals surface area contributed by atoms with Crippen LogP contribution in [0.2, 0.25) is 0 Å². The molecule has 43 heavy (non-hydrogen) atoms. The molecule has 1 aliphatic rings. The molecule has 0 saturated carbocycles. The Kier molecular flexibility index (Phi) is 10.7. The van der Waals surface area contributed by atoms with Crippen LogP contribution in [0, 0.1) is 11.6 Å². The molecule has 2 atom stereocenters. The molecule has 4 rings (SSSR count). The fraction of sp³-hybridized carbons (Fsp3) is 0.412. The van der Waals surface area contributed by atoms with Gasteiger partial charge in [-0.25, -0.2) is 18.4 Å². The summed E-state index contributed by atoms with van der Waals surface area (Å²) >= 11 is 0. The van der Waals surface area contributed by atoms with Crippen molar-refractivity contribution in [3.63, 3.8) is 0 Å². The maximum atomic E-state index is 13.9. The number of benzene rings is 3. The van der Waals surface area contributed by atoms with Gasteiger partial charge in [-0.15, -0.1) is 0 Å². The zero-order chi connectivity index (χ0) is 31.0. The number of amides is 2. The lowest BCUT2D eigenvalue weighted by Gasteiger charge is -2.35. The summed E-state index contributed by atoms with van der Waals surface area (Å²) in [6.07, 6.45) is 1.26. The highest BCUT2D eigenvalue weighted by Gasteiger charge is 2.30. The molecule has 2 amide bonds. The van der Waals surface area contributed by atoms with Gasteiger partial charge in [0.05, 0.1) is 5.69 Å². The van der Waals surface area contributed by atoms with E-state index in [1.165, 1.54) is 12.1 Å². The van der Waals surface area contributed by atoms with Gasteiger partial charge >= 0.3 is 12.2 Å². The highest BCUT2D eigenvalue weighted by Crippen LogP contribution is 2.35. The SMILES string of the molecule is CCc1ccc2c(c1)C(NCC[C@H](Cc1cc(F)cc(F)c1)NC(=O)OC(C)(C)C)CCN2C(=O)OCc1ccccc1. The molecule has 0 spiro atoms. The normalized spacial score (nSPS) is 15.4. The molecule has 9 heteroatoms. The first-order chi connectivity index (χ1) is 20.5. The average Bonchev–Trinajstić information content (AvgIpc) is 2.94. The van der Waals surface area contributed by atoms with Crippen LogP contribution in [0.3, 0.4) is 0 Å². The number of anilines is 1. The number of carbonyl (C=O) groups is 2. The summed E-state index contributed by atoms with van der Waals surface area (Å²) in [5.74, 6) is -1.33. The van der Waals surface area contributed by atoms with Gasteiger partial charge in [0, 0.05) is 24.7 Å². The van der Waals surface area contributed by atoms with Crippen molar-refractivity contribution in [2.75, 3.05) is 18.0 Å². The van der Waals surface area contributed by atoms with Crippen LogP contribution < -0.4 is 15.5 Å². The van der Waals surface area contributed by atoms with Gasteiger partial charge in [0.15, 0.2) is 0 Å². The number of nitrogens with one attached hydrogen (secondary N) is 2. The Morgan fingerprint density at radius 3 is 2.37 bits per heavy atom. The minimum atomic E-state index is -0.686. The molecule has 0 aliphatic carbocycles. The number of nitrogens with zero attached hydrogens (tertiary/aromatic N) is 1. The Morgan fingerprint density at radius 2 is 1.70 bits per heavy atom. The van der Waals surface area contributed by atoms with E-state index in [4.69, 9.17) is 9.47 Å². The van der Waals surface area contributed by atoms with E-state index in [2.05, 4.69) is 23.6 Å². The average molecular weight is 594 g/mol. The van der Waals surface area contributed by atoms with Gasteiger partial charge in [0.25, 0.3) is 0 Å². The molecule has 230 valence electrons. The van der Waals surface area contributed by atoms with Gasteiger partial charge in [-0.05, 0) is 93.5 Å². The van der Waals surface area contributed by atoms with E-state index < -0.39 is 35.5 Å². The third kappa shape index (κ3) is 9.51. The quantitative estimate of drug-likeness (QED) is 0.259. The molecular weight excluding hydrogens is 552 g/mol. The second kappa shape index (κ2) is 14.5. The predicted octanol–water partition coefficient (Wildman–Crippen LogP) is 7.23. The fourth-order valence-electron chi connectivity index (χ4n) is 5.23. The molecule has 1 heterocycles. The topological polar surface area (TPSA) is 79.9 Å². The van der Waals surface area contributed by atoms with E-state index in [1.807, 2.05) is 42.5 Å². The molecule has 3 aromatic rings. The van der Waals surface area contributed by atoms with Crippen LogP contribution in [-0.4, -0.2) is 36.9 Å². The van der Waals surface area contributed by atoms with Crippen molar-refractivity contribution < 1.29 is 27.8 Å². The lowest BCUT2D eigenvalue weighted by Crippen LogP contribution is -2.43. The van der Waals surface area contributed by atoms with Crippen LogP contribution in [0.1, 0.15) is 68.8 Å². The Labute approximate surface area is 252 Å². The molecule has 2 N–H and O–H groups in total. The third-order valence-corrected chi connectivity index (χ3v) is 7.24. The molecule has 3 aromatic carbocycles. The Bertz CT molecular complexity index is 1370. The second-order valence-corrected chi connectivity index (χ2v) is 11.8. The largest absolute Gasteiger partial charge is 0.444 e. The zero-order valence-electron chi connectivity index (χ0n) is 25.3. The number of hydrogen-bond acceptors (Lipinski definition) is 5. The molecule has 0 saturated heterocycles. The number of halogens is 2. The monoisotopic (exact) mass is 593 g/mol. The molecular formula is C34H41F2N3O4. The summed E-state index contributed by atoms with van der Waals surface area (Å²) in [5.41, 5.74) is 3.64. The van der Waals surface area contributed by atoms with Crippen molar-refractivity contribution in [3.8, 4) is 0 Å². The van der Waals surface area contributed by atoms with Crippen molar-refractivity contribution in [2.24, 2.45) is 0 Å². The number of carbonyl (C=O) groups excluding carboxylic acids is 2. The summed E-state index contributed by atoms with van der Waals surface area (Å²) < 4.78 is 38.8. The van der Waals surface area contributed by atoms with Crippen molar-refractivity contribution in [1.82, 2.24) is 10.6 Å². The van der Waals surface area contributed by atoms with Crippen molar-refractivity contribution in [1.29, 1.82) is 0 Å². The van der Waals surface area contributed by atoms with Crippen molar-refractivity contribution in [2.45, 2.75) is 77.7 Å². The summed E-state index contributed by atoms with van der Waals surface area (Å²) in [4.78, 5) is 27.4. The molecule has 1 aliphatic heterocycles. The van der Waals surface area contributed by atoms with Gasteiger partial charge in [-0.1, -0.05) is 49.4 Å². The van der Waals surface area contributed by atoms with Crippen LogP contribution in [0.4, 0.5) is 24.1 Å². The predicted molar refractivity (Wildman–Crippen MR) is 163 cm³/mol. The molecule has 7 nitrogen and oxygen atoms in total. The van der Waals surface area contributed by atoms with Crippen molar-refractivity contribution in [3.05, 3.63) is 101 Å². The number of ether oxygens (including phenoxy) is 2. The summed E-state index contributed by atoms with van der Waals surface area (Å²) in [5, 5.41) is 6.46. The maximum absolute atomic E-state index is 13.9. The van der Waals surface area contributed by atoms with Gasteiger partial charge < -0.3 is 20.1 Å². The second-order valence-electron chi connectivity index (χ2n) is 11.8. The summed E-state index contributed by atoms with van der Waals surface area (Å²) in [6.45, 7) is 8.59. The fourth-order valence-corrected chi connectivity index (χ4v) is 5.23. The standard InChI is InChI=1S/C34H41F2N3O4/c1-5-23-11-12-31-29(20-23)30(14-16-39(31)33(41)42-22-24-9-7-6-8-10-24)37-15-13-28(38-32(40)43-34(2,3)4)19-25-17-26(35)21-27(36)18-25/h6-12,17-18,20-21,28,30,37H,5,13-16,19,22H2,1-4H3,(H,38,40)/t28-,30?/m1/s1. The number of aryl methyl sites for hydroxylation is 1. The summed E-state index contributed by atoms with van der Waals surface area (Å²) in [7, 11) is 0. The van der Waals surface area contributed by atoms with E-state index in [9.17, 15) is 18.4 Å². The minimum Gasteiger partial charge on any atom is -0.444 e. The minimum absolute atomic E-state index is 0.0338. The Hall–Kier alpha value is -3.98. The summed E-state index contributed by atoms with van der Waals surface area (Å²) in [6, 6.07) is 18.6. The van der Waals surface area contributed by atoms with Gasteiger partial charge in [-0.3, -0.25) is 4.90 Å². The lowest BCUT2D eigenvalue weighted by atomic mass is 9.93. The Balaban J connectivity index is 1.44. The molecule has 0 fully saturated rings. The maximum Gasteiger partial charge on any atom is 0.414 e. The van der Waals surface area contributed by atoms with E-state index >= 15 is 0 Å². The van der Waals surface area contributed by atoms with Gasteiger partial charge in [0.1, 0.15) is 23.8 Å². The lowest BCUT2D eigenvalue weighted by molar-refractivity contribution is 0.0501. The third-order valence-electron chi connectivity index (χ3n) is 7.24. The van der Waals surface area contributed by atoms with Crippen molar-refractivity contribution >= 4 is 17.9 Å². The van der Waals surface area contributed by atoms with Crippen LogP contribution in [0.15, 0.2) is 66.7 Å². The van der Waals surface area contributed by atoms with Crippen LogP contribution in [0.5, 0.6) is 0 Å². The van der Waals surface area contributed by atoms with Gasteiger partial charge in [-0.2, -0.15) is 0 Å². The highest BCUT2D eigenvalue weighted by atomic mass is 19.1. The Morgan fingerprint density at radius 1 is 0.977 bits per heavy atom. The van der Waals surface area contributed by atoms with E-state index in [-0.39, 0.29) is 19.1 Å². The van der Waals surface area contributed by atoms with Crippen LogP contribution >= 0.6 is 0 Å². The zero-order valence-corrected chi connectivity index (χ0v) is 25.3. The van der Waals surface area contributed by atoms with E-state index in [0.717, 1.165) is 34.9 Å². The molecule has 0 radical (unpaired) electrons. The number of hydrogen-bond donors (Lipinski definition) is 2. The molecule has 0 aromatic heterocycles. The smallest absolute Gasteiger partial charge is 0.414 e. The van der Waals surface area contributed by atoms with Crippen LogP contribution in [0.25, 0.3) is 0 Å². The first kappa shape index (κ1) is 31.9. The van der Waals surface area contributed by atoms with Gasteiger partial charge in [0.2, 0.25) is 0 Å². The molecule has 0 bridgehead atoms. The first-order valence-electron chi connectivity index (χ1n) is 14.8. The first-order valence-corrected chi connectivity index (χ1v) is 14.8. The number of fused-ring (bicyclic) bond motifs is 1.